The van der Waals surface area contributed by atoms with E-state index in [0.717, 1.165) is 27.5 Å². The summed E-state index contributed by atoms with van der Waals surface area (Å²) in [7, 11) is 0. The van der Waals surface area contributed by atoms with Crippen LogP contribution in [0.2, 0.25) is 5.02 Å². The van der Waals surface area contributed by atoms with E-state index < -0.39 is 5.97 Å². The molecule has 3 nitrogen and oxygen atoms in total. The minimum Gasteiger partial charge on any atom is -0.481 e. The molecule has 0 aliphatic carbocycles. The first-order valence-electron chi connectivity index (χ1n) is 6.04. The van der Waals surface area contributed by atoms with Crippen LogP contribution in [0.1, 0.15) is 5.56 Å². The molecule has 1 heterocycles. The number of fused-ring (bicyclic) bond motifs is 3. The van der Waals surface area contributed by atoms with Gasteiger partial charge in [0.05, 0.1) is 5.75 Å². The quantitative estimate of drug-likeness (QED) is 0.768. The third kappa shape index (κ3) is 2.49. The van der Waals surface area contributed by atoms with Crippen molar-refractivity contribution in [2.24, 2.45) is 0 Å². The number of halogens is 1. The number of thioether (sulfide) groups is 1. The number of furan rings is 1. The van der Waals surface area contributed by atoms with Crippen molar-refractivity contribution in [3.05, 3.63) is 47.0 Å². The zero-order chi connectivity index (χ0) is 14.1. The summed E-state index contributed by atoms with van der Waals surface area (Å²) in [5.41, 5.74) is 2.63. The zero-order valence-corrected chi connectivity index (χ0v) is 12.0. The maximum absolute atomic E-state index is 10.6. The van der Waals surface area contributed by atoms with Gasteiger partial charge in [0, 0.05) is 27.6 Å². The predicted octanol–water partition coefficient (Wildman–Crippen LogP) is 4.56. The van der Waals surface area contributed by atoms with Crippen LogP contribution in [0.25, 0.3) is 21.9 Å². The molecule has 0 fully saturated rings. The molecule has 0 spiro atoms. The second-order valence-corrected chi connectivity index (χ2v) is 5.84. The van der Waals surface area contributed by atoms with E-state index in [1.165, 1.54) is 11.8 Å². The molecule has 0 saturated carbocycles. The normalized spacial score (nSPS) is 11.2. The van der Waals surface area contributed by atoms with Crippen molar-refractivity contribution in [2.75, 3.05) is 5.75 Å². The average molecular weight is 307 g/mol. The molecule has 3 rings (SSSR count). The lowest BCUT2D eigenvalue weighted by Gasteiger charge is -2.02. The van der Waals surface area contributed by atoms with Crippen LogP contribution in [0, 0.1) is 0 Å². The molecule has 1 aromatic heterocycles. The van der Waals surface area contributed by atoms with Gasteiger partial charge in [0.2, 0.25) is 0 Å². The Kier molecular flexibility index (Phi) is 3.59. The van der Waals surface area contributed by atoms with Crippen LogP contribution in [-0.4, -0.2) is 16.8 Å². The van der Waals surface area contributed by atoms with Crippen LogP contribution in [0.3, 0.4) is 0 Å². The first-order chi connectivity index (χ1) is 9.65. The van der Waals surface area contributed by atoms with Gasteiger partial charge in [-0.15, -0.1) is 11.8 Å². The summed E-state index contributed by atoms with van der Waals surface area (Å²) in [6.45, 7) is 0. The molecule has 0 saturated heterocycles. The second kappa shape index (κ2) is 5.38. The van der Waals surface area contributed by atoms with E-state index in [9.17, 15) is 4.79 Å². The fraction of sp³-hybridized carbons (Fsp3) is 0.133. The second-order valence-electron chi connectivity index (χ2n) is 4.42. The highest BCUT2D eigenvalue weighted by Gasteiger charge is 2.11. The number of carbonyl (C=O) groups is 1. The van der Waals surface area contributed by atoms with Gasteiger partial charge < -0.3 is 9.52 Å². The fourth-order valence-electron chi connectivity index (χ4n) is 2.24. The van der Waals surface area contributed by atoms with Crippen molar-refractivity contribution in [1.29, 1.82) is 0 Å². The molecular weight excluding hydrogens is 296 g/mol. The molecule has 0 amide bonds. The van der Waals surface area contributed by atoms with Gasteiger partial charge in [-0.3, -0.25) is 4.79 Å². The van der Waals surface area contributed by atoms with Crippen LogP contribution in [0.15, 0.2) is 40.8 Å². The SMILES string of the molecule is O=C(O)CSCc1cccc2oc3cc(Cl)ccc3c12. The number of hydrogen-bond acceptors (Lipinski definition) is 3. The van der Waals surface area contributed by atoms with Crippen molar-refractivity contribution in [3.8, 4) is 0 Å². The summed E-state index contributed by atoms with van der Waals surface area (Å²) in [5, 5.41) is 11.4. The number of rotatable bonds is 4. The molecule has 0 radical (unpaired) electrons. The Hall–Kier alpha value is -1.65. The standard InChI is InChI=1S/C15H11ClO3S/c16-10-4-5-11-13(6-10)19-12-3-1-2-9(15(11)12)7-20-8-14(17)18/h1-6H,7-8H2,(H,17,18). The zero-order valence-electron chi connectivity index (χ0n) is 10.4. The molecule has 1 N–H and O–H groups in total. The van der Waals surface area contributed by atoms with Crippen LogP contribution >= 0.6 is 23.4 Å². The number of benzene rings is 2. The van der Waals surface area contributed by atoms with Gasteiger partial charge in [-0.25, -0.2) is 0 Å². The summed E-state index contributed by atoms with van der Waals surface area (Å²) in [6, 6.07) is 11.4. The van der Waals surface area contributed by atoms with E-state index in [1.54, 1.807) is 6.07 Å². The van der Waals surface area contributed by atoms with Gasteiger partial charge in [0.1, 0.15) is 11.2 Å². The summed E-state index contributed by atoms with van der Waals surface area (Å²) in [5.74, 6) is -0.0650. The highest BCUT2D eigenvalue weighted by molar-refractivity contribution is 7.99. The maximum Gasteiger partial charge on any atom is 0.313 e. The van der Waals surface area contributed by atoms with Crippen molar-refractivity contribution in [3.63, 3.8) is 0 Å². The third-order valence-electron chi connectivity index (χ3n) is 3.03. The van der Waals surface area contributed by atoms with Crippen LogP contribution in [-0.2, 0) is 10.5 Å². The maximum atomic E-state index is 10.6. The van der Waals surface area contributed by atoms with Crippen LogP contribution in [0.4, 0.5) is 0 Å². The van der Waals surface area contributed by atoms with Gasteiger partial charge in [-0.05, 0) is 23.8 Å². The number of carboxylic acid groups (broad SMARTS) is 1. The van der Waals surface area contributed by atoms with E-state index in [4.69, 9.17) is 21.1 Å². The molecule has 0 unspecified atom stereocenters. The number of carboxylic acids is 1. The van der Waals surface area contributed by atoms with Gasteiger partial charge in [-0.2, -0.15) is 0 Å². The lowest BCUT2D eigenvalue weighted by molar-refractivity contribution is -0.133. The highest BCUT2D eigenvalue weighted by Crippen LogP contribution is 2.34. The Morgan fingerprint density at radius 1 is 1.25 bits per heavy atom. The molecular formula is C15H11ClO3S. The van der Waals surface area contributed by atoms with Crippen LogP contribution in [0.5, 0.6) is 0 Å². The molecule has 0 atom stereocenters. The van der Waals surface area contributed by atoms with E-state index in [1.807, 2.05) is 30.3 Å². The minimum absolute atomic E-state index is 0.0952. The van der Waals surface area contributed by atoms with Gasteiger partial charge >= 0.3 is 5.97 Å². The van der Waals surface area contributed by atoms with E-state index in [-0.39, 0.29) is 5.75 Å². The molecule has 0 bridgehead atoms. The van der Waals surface area contributed by atoms with Gasteiger partial charge in [0.15, 0.2) is 0 Å². The van der Waals surface area contributed by atoms with E-state index >= 15 is 0 Å². The predicted molar refractivity (Wildman–Crippen MR) is 82.5 cm³/mol. The Morgan fingerprint density at radius 3 is 2.90 bits per heavy atom. The monoisotopic (exact) mass is 306 g/mol. The Bertz CT molecular complexity index is 794. The molecule has 0 aliphatic rings. The van der Waals surface area contributed by atoms with Crippen molar-refractivity contribution in [1.82, 2.24) is 0 Å². The Labute approximate surface area is 124 Å². The molecule has 0 aliphatic heterocycles. The Morgan fingerprint density at radius 2 is 2.10 bits per heavy atom. The van der Waals surface area contributed by atoms with E-state index in [2.05, 4.69) is 0 Å². The first-order valence-corrected chi connectivity index (χ1v) is 7.57. The molecule has 3 aromatic rings. The molecule has 102 valence electrons. The summed E-state index contributed by atoms with van der Waals surface area (Å²) in [6.07, 6.45) is 0. The largest absolute Gasteiger partial charge is 0.481 e. The average Bonchev–Trinajstić information content (AvgIpc) is 2.76. The molecule has 5 heteroatoms. The van der Waals surface area contributed by atoms with Crippen molar-refractivity contribution < 1.29 is 14.3 Å². The van der Waals surface area contributed by atoms with Gasteiger partial charge in [0.25, 0.3) is 0 Å². The summed E-state index contributed by atoms with van der Waals surface area (Å²) in [4.78, 5) is 10.6. The van der Waals surface area contributed by atoms with E-state index in [0.29, 0.717) is 10.8 Å². The smallest absolute Gasteiger partial charge is 0.313 e. The van der Waals surface area contributed by atoms with Crippen molar-refractivity contribution in [2.45, 2.75) is 5.75 Å². The van der Waals surface area contributed by atoms with Crippen molar-refractivity contribution >= 4 is 51.3 Å². The first kappa shape index (κ1) is 13.3. The summed E-state index contributed by atoms with van der Waals surface area (Å²) >= 11 is 7.35. The Balaban J connectivity index is 2.07. The minimum atomic E-state index is -0.800. The fourth-order valence-corrected chi connectivity index (χ4v) is 3.14. The lowest BCUT2D eigenvalue weighted by Crippen LogP contribution is -1.98. The number of hydrogen-bond donors (Lipinski definition) is 1. The number of aliphatic carboxylic acids is 1. The lowest BCUT2D eigenvalue weighted by atomic mass is 10.1. The third-order valence-corrected chi connectivity index (χ3v) is 4.23. The molecule has 2 aromatic carbocycles. The van der Waals surface area contributed by atoms with Crippen LogP contribution < -0.4 is 0 Å². The topological polar surface area (TPSA) is 50.4 Å². The highest BCUT2D eigenvalue weighted by atomic mass is 35.5. The molecule has 20 heavy (non-hydrogen) atoms. The van der Waals surface area contributed by atoms with Gasteiger partial charge in [-0.1, -0.05) is 23.7 Å². The summed E-state index contributed by atoms with van der Waals surface area (Å²) < 4.78 is 5.79.